The quantitative estimate of drug-likeness (QED) is 0.885. The smallest absolute Gasteiger partial charge is 0.308 e. The van der Waals surface area contributed by atoms with E-state index < -0.39 is 11.9 Å². The van der Waals surface area contributed by atoms with E-state index in [9.17, 15) is 14.7 Å². The maximum atomic E-state index is 12.8. The Bertz CT molecular complexity index is 823. The number of carboxylic acid groups (broad SMARTS) is 1. The van der Waals surface area contributed by atoms with Gasteiger partial charge >= 0.3 is 5.97 Å². The molecule has 1 saturated heterocycles. The van der Waals surface area contributed by atoms with Gasteiger partial charge in [0.1, 0.15) is 5.76 Å². The lowest BCUT2D eigenvalue weighted by Gasteiger charge is -2.15. The average Bonchev–Trinajstić information content (AvgIpc) is 3.22. The minimum absolute atomic E-state index is 0.138. The fourth-order valence-electron chi connectivity index (χ4n) is 3.16. The highest BCUT2D eigenvalue weighted by molar-refractivity contribution is 6.30. The summed E-state index contributed by atoms with van der Waals surface area (Å²) in [5.41, 5.74) is 0.801. The Hall–Kier alpha value is -2.34. The summed E-state index contributed by atoms with van der Waals surface area (Å²) < 4.78 is 5.28. The Labute approximate surface area is 156 Å². The van der Waals surface area contributed by atoms with Crippen LogP contribution in [0.5, 0.6) is 0 Å². The van der Waals surface area contributed by atoms with Gasteiger partial charge in [0.15, 0.2) is 5.69 Å². The molecule has 1 N–H and O–H groups in total. The zero-order valence-corrected chi connectivity index (χ0v) is 15.7. The first-order valence-corrected chi connectivity index (χ1v) is 8.79. The van der Waals surface area contributed by atoms with Gasteiger partial charge < -0.3 is 14.5 Å². The molecule has 1 aliphatic heterocycles. The van der Waals surface area contributed by atoms with E-state index in [4.69, 9.17) is 16.1 Å². The molecule has 1 aliphatic rings. The van der Waals surface area contributed by atoms with Crippen molar-refractivity contribution in [2.24, 2.45) is 5.92 Å². The lowest BCUT2D eigenvalue weighted by Crippen LogP contribution is -2.30. The maximum absolute atomic E-state index is 12.8. The number of carbonyl (C=O) groups excluding carboxylic acids is 1. The highest BCUT2D eigenvalue weighted by Gasteiger charge is 2.41. The maximum Gasteiger partial charge on any atom is 0.308 e. The lowest BCUT2D eigenvalue weighted by atomic mass is 9.89. The number of likely N-dealkylation sites (tertiary alicyclic amines) is 1. The van der Waals surface area contributed by atoms with Crippen LogP contribution in [-0.4, -0.2) is 40.1 Å². The van der Waals surface area contributed by atoms with Crippen molar-refractivity contribution in [2.45, 2.75) is 32.1 Å². The summed E-state index contributed by atoms with van der Waals surface area (Å²) in [6.07, 6.45) is 0. The van der Waals surface area contributed by atoms with Gasteiger partial charge in [-0.05, 0) is 17.7 Å². The van der Waals surface area contributed by atoms with E-state index in [2.05, 4.69) is 5.16 Å². The summed E-state index contributed by atoms with van der Waals surface area (Å²) in [7, 11) is 0. The predicted octanol–water partition coefficient (Wildman–Crippen LogP) is 3.57. The fourth-order valence-corrected chi connectivity index (χ4v) is 3.29. The molecule has 1 amide bonds. The standard InChI is InChI=1S/C19H21ClN2O4/c1-19(2,3)16-8-15(21-26-16)17(23)22-9-13(14(10-22)18(24)25)11-4-6-12(20)7-5-11/h4-8,13-14H,9-10H2,1-3H3,(H,24,25)/t13-,14+/m0/s1. The predicted molar refractivity (Wildman–Crippen MR) is 96.4 cm³/mol. The van der Waals surface area contributed by atoms with E-state index in [1.54, 1.807) is 18.2 Å². The van der Waals surface area contributed by atoms with Crippen LogP contribution < -0.4 is 0 Å². The Kier molecular flexibility index (Phi) is 4.80. The van der Waals surface area contributed by atoms with Crippen molar-refractivity contribution in [1.82, 2.24) is 10.1 Å². The van der Waals surface area contributed by atoms with Gasteiger partial charge in [-0.1, -0.05) is 49.7 Å². The molecule has 26 heavy (non-hydrogen) atoms. The Balaban J connectivity index is 1.83. The molecule has 2 aromatic rings. The number of hydrogen-bond donors (Lipinski definition) is 1. The number of aromatic nitrogens is 1. The largest absolute Gasteiger partial charge is 0.481 e. The van der Waals surface area contributed by atoms with E-state index in [0.29, 0.717) is 17.3 Å². The molecule has 0 saturated carbocycles. The van der Waals surface area contributed by atoms with Crippen molar-refractivity contribution >= 4 is 23.5 Å². The summed E-state index contributed by atoms with van der Waals surface area (Å²) in [4.78, 5) is 26.0. The van der Waals surface area contributed by atoms with E-state index in [0.717, 1.165) is 5.56 Å². The molecule has 2 atom stereocenters. The third kappa shape index (κ3) is 3.60. The number of carbonyl (C=O) groups is 2. The summed E-state index contributed by atoms with van der Waals surface area (Å²) in [6, 6.07) is 8.71. The van der Waals surface area contributed by atoms with Crippen LogP contribution in [0.15, 0.2) is 34.9 Å². The second kappa shape index (κ2) is 6.76. The number of aliphatic carboxylic acids is 1. The number of amides is 1. The van der Waals surface area contributed by atoms with Gasteiger partial charge in [0.2, 0.25) is 0 Å². The van der Waals surface area contributed by atoms with Crippen LogP contribution in [0, 0.1) is 5.92 Å². The summed E-state index contributed by atoms with van der Waals surface area (Å²) in [6.45, 7) is 6.35. The molecule has 6 nitrogen and oxygen atoms in total. The zero-order chi connectivity index (χ0) is 19.1. The van der Waals surface area contributed by atoms with Crippen LogP contribution in [0.1, 0.15) is 48.5 Å². The van der Waals surface area contributed by atoms with Gasteiger partial charge in [-0.15, -0.1) is 0 Å². The summed E-state index contributed by atoms with van der Waals surface area (Å²) in [5.74, 6) is -1.58. The van der Waals surface area contributed by atoms with Gasteiger partial charge in [0, 0.05) is 35.5 Å². The van der Waals surface area contributed by atoms with Gasteiger partial charge in [0.25, 0.3) is 5.91 Å². The number of benzene rings is 1. The minimum atomic E-state index is -0.921. The average molecular weight is 377 g/mol. The molecule has 2 heterocycles. The van der Waals surface area contributed by atoms with Crippen LogP contribution in [0.4, 0.5) is 0 Å². The second-order valence-corrected chi connectivity index (χ2v) is 8.08. The van der Waals surface area contributed by atoms with Crippen LogP contribution in [-0.2, 0) is 10.2 Å². The molecule has 0 unspecified atom stereocenters. The van der Waals surface area contributed by atoms with Crippen molar-refractivity contribution in [3.8, 4) is 0 Å². The highest BCUT2D eigenvalue weighted by atomic mass is 35.5. The third-order valence-electron chi connectivity index (χ3n) is 4.69. The molecule has 0 radical (unpaired) electrons. The number of carboxylic acids is 1. The van der Waals surface area contributed by atoms with Crippen LogP contribution in [0.2, 0.25) is 5.02 Å². The molecule has 0 aliphatic carbocycles. The fraction of sp³-hybridized carbons (Fsp3) is 0.421. The molecule has 7 heteroatoms. The zero-order valence-electron chi connectivity index (χ0n) is 14.9. The SMILES string of the molecule is CC(C)(C)c1cc(C(=O)N2C[C@@H](C(=O)O)[C@H](c3ccc(Cl)cc3)C2)no1. The van der Waals surface area contributed by atoms with Gasteiger partial charge in [-0.3, -0.25) is 9.59 Å². The van der Waals surface area contributed by atoms with Crippen LogP contribution >= 0.6 is 11.6 Å². The summed E-state index contributed by atoms with van der Waals surface area (Å²) >= 11 is 5.92. The lowest BCUT2D eigenvalue weighted by molar-refractivity contribution is -0.141. The van der Waals surface area contributed by atoms with E-state index in [-0.39, 0.29) is 29.5 Å². The Morgan fingerprint density at radius 1 is 1.23 bits per heavy atom. The topological polar surface area (TPSA) is 83.6 Å². The van der Waals surface area contributed by atoms with Crippen molar-refractivity contribution in [3.05, 3.63) is 52.4 Å². The van der Waals surface area contributed by atoms with Gasteiger partial charge in [0.05, 0.1) is 5.92 Å². The number of nitrogens with zero attached hydrogens (tertiary/aromatic N) is 2. The van der Waals surface area contributed by atoms with Crippen molar-refractivity contribution in [3.63, 3.8) is 0 Å². The monoisotopic (exact) mass is 376 g/mol. The number of hydrogen-bond acceptors (Lipinski definition) is 4. The molecule has 3 rings (SSSR count). The second-order valence-electron chi connectivity index (χ2n) is 7.64. The molecule has 0 bridgehead atoms. The van der Waals surface area contributed by atoms with E-state index >= 15 is 0 Å². The normalized spacial score (nSPS) is 20.4. The Morgan fingerprint density at radius 2 is 1.88 bits per heavy atom. The highest BCUT2D eigenvalue weighted by Crippen LogP contribution is 2.34. The molecule has 1 aromatic carbocycles. The summed E-state index contributed by atoms with van der Waals surface area (Å²) in [5, 5.41) is 14.0. The van der Waals surface area contributed by atoms with E-state index in [1.807, 2.05) is 32.9 Å². The minimum Gasteiger partial charge on any atom is -0.481 e. The molecular formula is C19H21ClN2O4. The van der Waals surface area contributed by atoms with Crippen LogP contribution in [0.25, 0.3) is 0 Å². The van der Waals surface area contributed by atoms with E-state index in [1.165, 1.54) is 4.90 Å². The van der Waals surface area contributed by atoms with Crippen molar-refractivity contribution in [1.29, 1.82) is 0 Å². The first kappa shape index (κ1) is 18.5. The number of rotatable bonds is 3. The first-order chi connectivity index (χ1) is 12.2. The van der Waals surface area contributed by atoms with Crippen molar-refractivity contribution in [2.75, 3.05) is 13.1 Å². The number of halogens is 1. The van der Waals surface area contributed by atoms with Gasteiger partial charge in [-0.2, -0.15) is 0 Å². The van der Waals surface area contributed by atoms with Crippen molar-refractivity contribution < 1.29 is 19.2 Å². The van der Waals surface area contributed by atoms with Gasteiger partial charge in [-0.25, -0.2) is 0 Å². The molecular weight excluding hydrogens is 356 g/mol. The molecule has 1 aromatic heterocycles. The van der Waals surface area contributed by atoms with Crippen LogP contribution in [0.3, 0.4) is 0 Å². The molecule has 0 spiro atoms. The Morgan fingerprint density at radius 3 is 2.42 bits per heavy atom. The third-order valence-corrected chi connectivity index (χ3v) is 4.94. The molecule has 138 valence electrons. The molecule has 1 fully saturated rings. The first-order valence-electron chi connectivity index (χ1n) is 8.41.